The molecule has 0 radical (unpaired) electrons. The van der Waals surface area contributed by atoms with Crippen molar-refractivity contribution in [3.63, 3.8) is 0 Å². The molecule has 0 spiro atoms. The number of rotatable bonds is 2. The van der Waals surface area contributed by atoms with E-state index in [1.807, 2.05) is 25.3 Å². The van der Waals surface area contributed by atoms with E-state index in [9.17, 15) is 9.18 Å². The highest BCUT2D eigenvalue weighted by molar-refractivity contribution is 6.30. The molecule has 4 nitrogen and oxygen atoms in total. The first-order valence-corrected chi connectivity index (χ1v) is 8.45. The average molecular weight is 368 g/mol. The van der Waals surface area contributed by atoms with Crippen LogP contribution in [0.4, 0.5) is 4.39 Å². The van der Waals surface area contributed by atoms with Crippen LogP contribution >= 0.6 is 11.6 Å². The Kier molecular flexibility index (Phi) is 3.89. The van der Waals surface area contributed by atoms with Gasteiger partial charge in [-0.1, -0.05) is 23.7 Å². The summed E-state index contributed by atoms with van der Waals surface area (Å²) < 4.78 is 16.5. The molecule has 6 heteroatoms. The normalized spacial score (nSPS) is 11.2. The topological polar surface area (TPSA) is 39.3 Å². The van der Waals surface area contributed by atoms with E-state index in [0.717, 1.165) is 16.8 Å². The van der Waals surface area contributed by atoms with Gasteiger partial charge in [-0.05, 0) is 49.2 Å². The molecule has 0 aliphatic heterocycles. The molecule has 0 saturated heterocycles. The fourth-order valence-electron chi connectivity index (χ4n) is 2.86. The molecule has 2 heterocycles. The Morgan fingerprint density at radius 2 is 1.85 bits per heavy atom. The van der Waals surface area contributed by atoms with Crippen LogP contribution in [0.1, 0.15) is 11.1 Å². The predicted molar refractivity (Wildman–Crippen MR) is 101 cm³/mol. The first-order chi connectivity index (χ1) is 12.4. The monoisotopic (exact) mass is 367 g/mol. The van der Waals surface area contributed by atoms with Crippen LogP contribution in [0.5, 0.6) is 0 Å². The highest BCUT2D eigenvalue weighted by Crippen LogP contribution is 2.22. The number of benzene rings is 2. The minimum absolute atomic E-state index is 0.0339. The number of hydrogen-bond acceptors (Lipinski definition) is 2. The Bertz CT molecular complexity index is 1210. The highest BCUT2D eigenvalue weighted by atomic mass is 35.5. The molecule has 26 heavy (non-hydrogen) atoms. The quantitative estimate of drug-likeness (QED) is 0.521. The molecule has 4 aromatic rings. The second kappa shape index (κ2) is 6.11. The molecule has 0 aliphatic rings. The lowest BCUT2D eigenvalue weighted by Crippen LogP contribution is -2.20. The van der Waals surface area contributed by atoms with Gasteiger partial charge in [-0.15, -0.1) is 0 Å². The molecule has 2 aromatic carbocycles. The van der Waals surface area contributed by atoms with Gasteiger partial charge in [-0.25, -0.2) is 9.37 Å². The third kappa shape index (κ3) is 2.70. The van der Waals surface area contributed by atoms with E-state index in [1.54, 1.807) is 16.8 Å². The zero-order chi connectivity index (χ0) is 18.4. The Hall–Kier alpha value is -2.92. The molecule has 0 aliphatic carbocycles. The Morgan fingerprint density at radius 3 is 2.58 bits per heavy atom. The second-order valence-electron chi connectivity index (χ2n) is 6.23. The van der Waals surface area contributed by atoms with Crippen molar-refractivity contribution in [1.82, 2.24) is 14.0 Å². The molecular weight excluding hydrogens is 353 g/mol. The number of fused-ring (bicyclic) bond motifs is 1. The molecule has 0 unspecified atom stereocenters. The van der Waals surface area contributed by atoms with Gasteiger partial charge < -0.3 is 4.40 Å². The van der Waals surface area contributed by atoms with Crippen molar-refractivity contribution in [3.05, 3.63) is 87.3 Å². The molecule has 4 rings (SSSR count). The molecule has 0 saturated carbocycles. The zero-order valence-electron chi connectivity index (χ0n) is 14.2. The minimum atomic E-state index is -0.526. The van der Waals surface area contributed by atoms with Crippen LogP contribution in [-0.2, 0) is 0 Å². The van der Waals surface area contributed by atoms with Crippen molar-refractivity contribution in [2.75, 3.05) is 0 Å². The summed E-state index contributed by atoms with van der Waals surface area (Å²) in [5.41, 5.74) is 4.52. The zero-order valence-corrected chi connectivity index (χ0v) is 15.0. The van der Waals surface area contributed by atoms with Crippen molar-refractivity contribution in [1.29, 1.82) is 0 Å². The number of hydrogen-bond donors (Lipinski definition) is 0. The third-order valence-electron chi connectivity index (χ3n) is 4.50. The maximum absolute atomic E-state index is 13.4. The van der Waals surface area contributed by atoms with Gasteiger partial charge in [-0.3, -0.25) is 9.36 Å². The summed E-state index contributed by atoms with van der Waals surface area (Å²) in [4.78, 5) is 17.3. The summed E-state index contributed by atoms with van der Waals surface area (Å²) in [6.07, 6.45) is 5.18. The first kappa shape index (κ1) is 16.5. The van der Waals surface area contributed by atoms with Gasteiger partial charge in [0.15, 0.2) is 0 Å². The molecule has 0 bridgehead atoms. The fourth-order valence-corrected chi connectivity index (χ4v) is 3.03. The highest BCUT2D eigenvalue weighted by Gasteiger charge is 2.12. The van der Waals surface area contributed by atoms with E-state index in [-0.39, 0.29) is 10.6 Å². The minimum Gasteiger partial charge on any atom is -0.300 e. The average Bonchev–Trinajstić information content (AvgIpc) is 3.05. The predicted octanol–water partition coefficient (Wildman–Crippen LogP) is 4.56. The summed E-state index contributed by atoms with van der Waals surface area (Å²) in [5, 5.41) is -0.0339. The van der Waals surface area contributed by atoms with Crippen LogP contribution in [-0.4, -0.2) is 14.0 Å². The summed E-state index contributed by atoms with van der Waals surface area (Å²) in [6, 6.07) is 10.2. The van der Waals surface area contributed by atoms with E-state index in [1.165, 1.54) is 28.3 Å². The van der Waals surface area contributed by atoms with Crippen LogP contribution in [0, 0.1) is 19.7 Å². The summed E-state index contributed by atoms with van der Waals surface area (Å²) in [7, 11) is 0. The molecular formula is C20H15ClFN3O. The van der Waals surface area contributed by atoms with E-state index in [0.29, 0.717) is 11.3 Å². The summed E-state index contributed by atoms with van der Waals surface area (Å²) in [5.74, 6) is -0.526. The lowest BCUT2D eigenvalue weighted by atomic mass is 10.1. The van der Waals surface area contributed by atoms with Crippen LogP contribution in [0.15, 0.2) is 59.8 Å². The van der Waals surface area contributed by atoms with E-state index >= 15 is 0 Å². The van der Waals surface area contributed by atoms with Crippen molar-refractivity contribution < 1.29 is 4.39 Å². The lowest BCUT2D eigenvalue weighted by Gasteiger charge is -2.06. The van der Waals surface area contributed by atoms with Gasteiger partial charge in [-0.2, -0.15) is 0 Å². The van der Waals surface area contributed by atoms with Gasteiger partial charge >= 0.3 is 0 Å². The standard InChI is InChI=1S/C20H15ClFN3O/c1-12-3-4-14(9-13(12)2)18-11-24-7-8-25(20(26)19(24)23-18)15-5-6-17(22)16(21)10-15/h3-11H,1-2H3. The van der Waals surface area contributed by atoms with Crippen molar-refractivity contribution >= 4 is 17.2 Å². The number of imidazole rings is 1. The van der Waals surface area contributed by atoms with Crippen LogP contribution in [0.25, 0.3) is 22.6 Å². The van der Waals surface area contributed by atoms with Gasteiger partial charge in [0, 0.05) is 24.2 Å². The summed E-state index contributed by atoms with van der Waals surface area (Å²) >= 11 is 5.83. The molecule has 0 atom stereocenters. The fraction of sp³-hybridized carbons (Fsp3) is 0.100. The molecule has 2 aromatic heterocycles. The van der Waals surface area contributed by atoms with Gasteiger partial charge in [0.1, 0.15) is 5.82 Å². The van der Waals surface area contributed by atoms with Crippen LogP contribution < -0.4 is 5.56 Å². The maximum Gasteiger partial charge on any atom is 0.298 e. The molecule has 0 fully saturated rings. The molecule has 0 N–H and O–H groups in total. The SMILES string of the molecule is Cc1ccc(-c2cn3ccn(-c4ccc(F)c(Cl)c4)c(=O)c3n2)cc1C. The van der Waals surface area contributed by atoms with Crippen molar-refractivity contribution in [2.24, 2.45) is 0 Å². The van der Waals surface area contributed by atoms with Gasteiger partial charge in [0.2, 0.25) is 5.65 Å². The smallest absolute Gasteiger partial charge is 0.298 e. The van der Waals surface area contributed by atoms with E-state index in [4.69, 9.17) is 11.6 Å². The molecule has 0 amide bonds. The van der Waals surface area contributed by atoms with E-state index < -0.39 is 5.82 Å². The Morgan fingerprint density at radius 1 is 1.04 bits per heavy atom. The van der Waals surface area contributed by atoms with Crippen LogP contribution in [0.2, 0.25) is 5.02 Å². The third-order valence-corrected chi connectivity index (χ3v) is 4.79. The van der Waals surface area contributed by atoms with Crippen molar-refractivity contribution in [3.8, 4) is 16.9 Å². The second-order valence-corrected chi connectivity index (χ2v) is 6.63. The van der Waals surface area contributed by atoms with Crippen LogP contribution in [0.3, 0.4) is 0 Å². The Balaban J connectivity index is 1.87. The van der Waals surface area contributed by atoms with Gasteiger partial charge in [0.05, 0.1) is 16.4 Å². The number of nitrogens with zero attached hydrogens (tertiary/aromatic N) is 3. The van der Waals surface area contributed by atoms with Gasteiger partial charge in [0.25, 0.3) is 5.56 Å². The first-order valence-electron chi connectivity index (χ1n) is 8.07. The van der Waals surface area contributed by atoms with E-state index in [2.05, 4.69) is 18.0 Å². The van der Waals surface area contributed by atoms with Crippen molar-refractivity contribution in [2.45, 2.75) is 13.8 Å². The number of halogens is 2. The maximum atomic E-state index is 13.4. The Labute approximate surface area is 154 Å². The number of aromatic nitrogens is 3. The molecule has 130 valence electrons. The lowest BCUT2D eigenvalue weighted by molar-refractivity contribution is 0.627. The number of aryl methyl sites for hydroxylation is 2. The largest absolute Gasteiger partial charge is 0.300 e. The summed E-state index contributed by atoms with van der Waals surface area (Å²) in [6.45, 7) is 4.09.